The van der Waals surface area contributed by atoms with Crippen molar-refractivity contribution in [2.75, 3.05) is 39.2 Å². The molecule has 0 spiro atoms. The highest BCUT2D eigenvalue weighted by Crippen LogP contribution is 2.33. The number of hydrogen-bond donors (Lipinski definition) is 1. The van der Waals surface area contributed by atoms with Gasteiger partial charge < -0.3 is 29.1 Å². The van der Waals surface area contributed by atoms with Crippen LogP contribution in [0.2, 0.25) is 0 Å². The molecule has 3 amide bonds. The first-order valence-electron chi connectivity index (χ1n) is 11.9. The lowest BCUT2D eigenvalue weighted by Crippen LogP contribution is -2.49. The van der Waals surface area contributed by atoms with Crippen LogP contribution in [-0.4, -0.2) is 78.7 Å². The molecule has 3 atom stereocenters. The van der Waals surface area contributed by atoms with Crippen molar-refractivity contribution in [1.82, 2.24) is 15.0 Å². The van der Waals surface area contributed by atoms with Gasteiger partial charge in [0.05, 0.1) is 23.9 Å². The molecule has 1 fully saturated rings. The lowest BCUT2D eigenvalue weighted by atomic mass is 10.0. The van der Waals surface area contributed by atoms with E-state index in [4.69, 9.17) is 14.0 Å². The van der Waals surface area contributed by atoms with Gasteiger partial charge in [-0.15, -0.1) is 0 Å². The molecule has 35 heavy (non-hydrogen) atoms. The van der Waals surface area contributed by atoms with Crippen LogP contribution in [0.15, 0.2) is 35.0 Å². The zero-order chi connectivity index (χ0) is 25.1. The predicted octanol–water partition coefficient (Wildman–Crippen LogP) is 2.67. The van der Waals surface area contributed by atoms with Crippen LogP contribution in [0.3, 0.4) is 0 Å². The molecule has 1 N–H and O–H groups in total. The number of aromatic nitrogens is 1. The Labute approximate surface area is 204 Å². The number of fused-ring (bicyclic) bond motifs is 1. The number of ether oxygens (including phenoxy) is 2. The first-order valence-corrected chi connectivity index (χ1v) is 11.9. The molecular weight excluding hydrogens is 452 g/mol. The van der Waals surface area contributed by atoms with Crippen LogP contribution in [-0.2, 0) is 9.53 Å². The number of rotatable bonds is 4. The van der Waals surface area contributed by atoms with E-state index in [1.165, 1.54) is 12.3 Å². The number of carbonyl (C=O) groups excluding carboxylic acids is 3. The number of amides is 3. The van der Waals surface area contributed by atoms with Crippen LogP contribution in [0.4, 0.5) is 5.69 Å². The molecule has 2 aliphatic rings. The molecule has 10 heteroatoms. The summed E-state index contributed by atoms with van der Waals surface area (Å²) < 4.78 is 16.7. The Morgan fingerprint density at radius 1 is 1.17 bits per heavy atom. The van der Waals surface area contributed by atoms with Crippen LogP contribution in [0.5, 0.6) is 5.75 Å². The fourth-order valence-corrected chi connectivity index (χ4v) is 4.25. The minimum absolute atomic E-state index is 0.00632. The molecule has 10 nitrogen and oxygen atoms in total. The molecule has 0 radical (unpaired) electrons. The van der Waals surface area contributed by atoms with Crippen molar-refractivity contribution in [3.8, 4) is 5.75 Å². The number of nitrogens with zero attached hydrogens (tertiary/aromatic N) is 3. The van der Waals surface area contributed by atoms with E-state index in [0.29, 0.717) is 30.1 Å². The predicted molar refractivity (Wildman–Crippen MR) is 127 cm³/mol. The topological polar surface area (TPSA) is 114 Å². The lowest BCUT2D eigenvalue weighted by molar-refractivity contribution is -0.136. The summed E-state index contributed by atoms with van der Waals surface area (Å²) in [7, 11) is 3.32. The summed E-state index contributed by atoms with van der Waals surface area (Å²) in [6, 6.07) is 6.15. The van der Waals surface area contributed by atoms with Gasteiger partial charge in [-0.2, -0.15) is 0 Å². The molecular formula is C25H32N4O6. The van der Waals surface area contributed by atoms with Crippen LogP contribution in [0, 0.1) is 11.8 Å². The fraction of sp³-hybridized carbons (Fsp3) is 0.520. The van der Waals surface area contributed by atoms with Gasteiger partial charge in [0.15, 0.2) is 0 Å². The van der Waals surface area contributed by atoms with Crippen LogP contribution in [0.1, 0.15) is 47.6 Å². The van der Waals surface area contributed by atoms with E-state index in [-0.39, 0.29) is 48.2 Å². The number of methoxy groups -OCH3 is 1. The summed E-state index contributed by atoms with van der Waals surface area (Å²) in [5.74, 6) is -0.0542. The van der Waals surface area contributed by atoms with Crippen molar-refractivity contribution in [3.05, 3.63) is 41.8 Å². The van der Waals surface area contributed by atoms with Gasteiger partial charge in [-0.1, -0.05) is 12.1 Å². The molecule has 2 heterocycles. The molecule has 1 saturated carbocycles. The number of benzene rings is 1. The Morgan fingerprint density at radius 2 is 1.94 bits per heavy atom. The zero-order valence-electron chi connectivity index (χ0n) is 20.5. The van der Waals surface area contributed by atoms with Gasteiger partial charge in [0, 0.05) is 50.8 Å². The highest BCUT2D eigenvalue weighted by Gasteiger charge is 2.37. The Bertz CT molecular complexity index is 1070. The number of likely N-dealkylation sites (N-methyl/N-ethyl adjacent to an activating group) is 1. The molecule has 1 aliphatic heterocycles. The highest BCUT2D eigenvalue weighted by atomic mass is 16.5. The lowest BCUT2D eigenvalue weighted by Gasteiger charge is -2.36. The van der Waals surface area contributed by atoms with Gasteiger partial charge in [-0.05, 0) is 38.0 Å². The molecule has 2 aromatic rings. The molecule has 0 unspecified atom stereocenters. The SMILES string of the molecule is CO[C@@H]1CN(C)C(=O)c2cc(NC(=O)c3ccno3)ccc2OC[C@@H](C)N(C(=O)C2CC2)C[C@H]1C. The number of hydrogen-bond acceptors (Lipinski definition) is 7. The van der Waals surface area contributed by atoms with Crippen molar-refractivity contribution in [2.45, 2.75) is 38.8 Å². The van der Waals surface area contributed by atoms with E-state index < -0.39 is 5.91 Å². The van der Waals surface area contributed by atoms with Gasteiger partial charge in [0.25, 0.3) is 11.8 Å². The second-order valence-corrected chi connectivity index (χ2v) is 9.40. The first-order chi connectivity index (χ1) is 16.8. The summed E-state index contributed by atoms with van der Waals surface area (Å²) >= 11 is 0. The molecule has 0 bridgehead atoms. The monoisotopic (exact) mass is 484 g/mol. The standard InChI is InChI=1S/C25H32N4O6/c1-15-12-29(24(31)17-5-6-17)16(2)14-34-20-8-7-18(27-23(30)21-9-10-26-35-21)11-19(20)25(32)28(3)13-22(15)33-4/h7-11,15-17,22H,5-6,12-14H2,1-4H3,(H,27,30)/t15-,16-,22-/m1/s1. The van der Waals surface area contributed by atoms with E-state index >= 15 is 0 Å². The van der Waals surface area contributed by atoms with Gasteiger partial charge >= 0.3 is 0 Å². The van der Waals surface area contributed by atoms with Crippen LogP contribution in [0.25, 0.3) is 0 Å². The molecule has 1 aromatic heterocycles. The Kier molecular flexibility index (Phi) is 7.39. The molecule has 4 rings (SSSR count). The number of carbonyl (C=O) groups is 3. The fourth-order valence-electron chi connectivity index (χ4n) is 4.25. The smallest absolute Gasteiger partial charge is 0.294 e. The third-order valence-corrected chi connectivity index (χ3v) is 6.57. The maximum atomic E-state index is 13.4. The van der Waals surface area contributed by atoms with E-state index in [9.17, 15) is 14.4 Å². The number of anilines is 1. The maximum Gasteiger partial charge on any atom is 0.294 e. The van der Waals surface area contributed by atoms with E-state index in [0.717, 1.165) is 12.8 Å². The Balaban J connectivity index is 1.63. The molecule has 1 aliphatic carbocycles. The second-order valence-electron chi connectivity index (χ2n) is 9.40. The van der Waals surface area contributed by atoms with Crippen molar-refractivity contribution in [2.24, 2.45) is 11.8 Å². The van der Waals surface area contributed by atoms with Crippen molar-refractivity contribution in [1.29, 1.82) is 0 Å². The molecule has 188 valence electrons. The average molecular weight is 485 g/mol. The van der Waals surface area contributed by atoms with Crippen LogP contribution >= 0.6 is 0 Å². The summed E-state index contributed by atoms with van der Waals surface area (Å²) in [6.07, 6.45) is 2.97. The maximum absolute atomic E-state index is 13.4. The van der Waals surface area contributed by atoms with Gasteiger partial charge in [-0.3, -0.25) is 14.4 Å². The third kappa shape index (κ3) is 5.64. The Hall–Kier alpha value is -3.40. The second kappa shape index (κ2) is 10.5. The van der Waals surface area contributed by atoms with E-state index in [2.05, 4.69) is 10.5 Å². The average Bonchev–Trinajstić information content (AvgIpc) is 3.56. The summed E-state index contributed by atoms with van der Waals surface area (Å²) in [5.41, 5.74) is 0.719. The quantitative estimate of drug-likeness (QED) is 0.710. The molecule has 1 aromatic carbocycles. The van der Waals surface area contributed by atoms with Crippen molar-refractivity contribution >= 4 is 23.4 Å². The van der Waals surface area contributed by atoms with Crippen molar-refractivity contribution < 1.29 is 28.4 Å². The van der Waals surface area contributed by atoms with Gasteiger partial charge in [0.1, 0.15) is 12.4 Å². The minimum Gasteiger partial charge on any atom is -0.491 e. The first kappa shape index (κ1) is 24.7. The number of nitrogens with one attached hydrogen (secondary N) is 1. The van der Waals surface area contributed by atoms with Crippen molar-refractivity contribution in [3.63, 3.8) is 0 Å². The summed E-state index contributed by atoms with van der Waals surface area (Å²) in [4.78, 5) is 42.3. The zero-order valence-corrected chi connectivity index (χ0v) is 20.5. The Morgan fingerprint density at radius 3 is 2.60 bits per heavy atom. The highest BCUT2D eigenvalue weighted by molar-refractivity contribution is 6.04. The minimum atomic E-state index is -0.478. The molecule has 0 saturated heterocycles. The van der Waals surface area contributed by atoms with E-state index in [1.54, 1.807) is 37.3 Å². The summed E-state index contributed by atoms with van der Waals surface area (Å²) in [5, 5.41) is 6.26. The summed E-state index contributed by atoms with van der Waals surface area (Å²) in [6.45, 7) is 5.09. The van der Waals surface area contributed by atoms with Gasteiger partial charge in [0.2, 0.25) is 11.7 Å². The van der Waals surface area contributed by atoms with Gasteiger partial charge in [-0.25, -0.2) is 0 Å². The van der Waals surface area contributed by atoms with Crippen LogP contribution < -0.4 is 10.1 Å². The third-order valence-electron chi connectivity index (χ3n) is 6.57. The normalized spacial score (nSPS) is 23.5. The van der Waals surface area contributed by atoms with E-state index in [1.807, 2.05) is 18.7 Å². The largest absolute Gasteiger partial charge is 0.491 e.